The third kappa shape index (κ3) is 5.23. The molecule has 1 atom stereocenters. The molecule has 0 spiro atoms. The van der Waals surface area contributed by atoms with Gasteiger partial charge in [0.25, 0.3) is 5.91 Å². The van der Waals surface area contributed by atoms with E-state index in [2.05, 4.69) is 10.6 Å². The molecule has 30 heavy (non-hydrogen) atoms. The number of nitrogens with two attached hydrogens (primary N) is 1. The number of benzene rings is 3. The molecule has 0 radical (unpaired) electrons. The molecule has 7 heteroatoms. The van der Waals surface area contributed by atoms with Gasteiger partial charge in [-0.05, 0) is 55.5 Å². The fraction of sp³-hybridized carbons (Fsp3) is 0.0870. The Balaban J connectivity index is 1.65. The number of nitrogens with one attached hydrogen (secondary N) is 2. The first-order valence-electron chi connectivity index (χ1n) is 9.27. The fourth-order valence-corrected chi connectivity index (χ4v) is 2.69. The van der Waals surface area contributed by atoms with E-state index in [9.17, 15) is 14.4 Å². The van der Waals surface area contributed by atoms with Crippen LogP contribution in [-0.2, 0) is 9.53 Å². The number of amides is 2. The quantitative estimate of drug-likeness (QED) is 0.521. The van der Waals surface area contributed by atoms with Crippen LogP contribution >= 0.6 is 0 Å². The Hall–Kier alpha value is -4.13. The summed E-state index contributed by atoms with van der Waals surface area (Å²) in [5.74, 6) is -1.68. The molecule has 3 aromatic rings. The molecule has 0 bridgehead atoms. The van der Waals surface area contributed by atoms with Crippen molar-refractivity contribution in [1.29, 1.82) is 0 Å². The van der Waals surface area contributed by atoms with E-state index in [1.807, 2.05) is 30.3 Å². The summed E-state index contributed by atoms with van der Waals surface area (Å²) in [6.07, 6.45) is -1.03. The van der Waals surface area contributed by atoms with E-state index in [0.29, 0.717) is 22.5 Å². The maximum atomic E-state index is 12.6. The number of esters is 1. The summed E-state index contributed by atoms with van der Waals surface area (Å²) in [5, 5.41) is 5.81. The Morgan fingerprint density at radius 2 is 1.47 bits per heavy atom. The number of carbonyl (C=O) groups excluding carboxylic acids is 3. The molecule has 3 rings (SSSR count). The van der Waals surface area contributed by atoms with Crippen LogP contribution in [-0.4, -0.2) is 23.9 Å². The summed E-state index contributed by atoms with van der Waals surface area (Å²) in [7, 11) is 0. The minimum absolute atomic E-state index is 0.312. The Kier molecular flexibility index (Phi) is 6.44. The summed E-state index contributed by atoms with van der Waals surface area (Å²) in [6, 6.07) is 22.4. The smallest absolute Gasteiger partial charge is 0.341 e. The van der Waals surface area contributed by atoms with Crippen molar-refractivity contribution >= 4 is 34.8 Å². The monoisotopic (exact) mass is 403 g/mol. The number of anilines is 3. The molecule has 152 valence electrons. The van der Waals surface area contributed by atoms with Gasteiger partial charge in [0.1, 0.15) is 0 Å². The molecule has 0 saturated heterocycles. The van der Waals surface area contributed by atoms with Gasteiger partial charge < -0.3 is 21.1 Å². The summed E-state index contributed by atoms with van der Waals surface area (Å²) < 4.78 is 5.35. The summed E-state index contributed by atoms with van der Waals surface area (Å²) in [6.45, 7) is 1.48. The normalized spacial score (nSPS) is 11.2. The van der Waals surface area contributed by atoms with Crippen molar-refractivity contribution in [3.8, 4) is 0 Å². The van der Waals surface area contributed by atoms with Gasteiger partial charge in [-0.3, -0.25) is 9.59 Å². The summed E-state index contributed by atoms with van der Waals surface area (Å²) in [4.78, 5) is 36.1. The zero-order valence-corrected chi connectivity index (χ0v) is 16.3. The highest BCUT2D eigenvalue weighted by molar-refractivity contribution is 6.00. The first-order valence-corrected chi connectivity index (χ1v) is 9.27. The molecule has 0 fully saturated rings. The second-order valence-corrected chi connectivity index (χ2v) is 6.51. The van der Waals surface area contributed by atoms with Crippen molar-refractivity contribution in [2.75, 3.05) is 10.6 Å². The second-order valence-electron chi connectivity index (χ2n) is 6.51. The van der Waals surface area contributed by atoms with Crippen molar-refractivity contribution in [3.05, 3.63) is 90.0 Å². The van der Waals surface area contributed by atoms with Gasteiger partial charge in [0, 0.05) is 16.9 Å². The molecule has 3 aromatic carbocycles. The highest BCUT2D eigenvalue weighted by Gasteiger charge is 2.21. The van der Waals surface area contributed by atoms with E-state index >= 15 is 0 Å². The van der Waals surface area contributed by atoms with Gasteiger partial charge in [0.05, 0.1) is 11.3 Å². The molecule has 0 aliphatic heterocycles. The van der Waals surface area contributed by atoms with Gasteiger partial charge in [0.15, 0.2) is 6.10 Å². The lowest BCUT2D eigenvalue weighted by Crippen LogP contribution is -2.30. The van der Waals surface area contributed by atoms with E-state index in [4.69, 9.17) is 10.5 Å². The van der Waals surface area contributed by atoms with E-state index in [-0.39, 0.29) is 0 Å². The van der Waals surface area contributed by atoms with Crippen molar-refractivity contribution in [2.45, 2.75) is 13.0 Å². The van der Waals surface area contributed by atoms with Crippen LogP contribution in [0.4, 0.5) is 17.1 Å². The number of rotatable bonds is 7. The Morgan fingerprint density at radius 3 is 2.13 bits per heavy atom. The van der Waals surface area contributed by atoms with Crippen LogP contribution in [0, 0.1) is 0 Å². The van der Waals surface area contributed by atoms with Crippen LogP contribution in [0.3, 0.4) is 0 Å². The lowest BCUT2D eigenvalue weighted by atomic mass is 10.1. The zero-order chi connectivity index (χ0) is 21.5. The standard InChI is InChI=1S/C23H21N3O4/c1-15(22(28)26-18-13-11-16(12-14-18)21(24)27)30-23(29)19-9-5-6-10-20(19)25-17-7-3-2-4-8-17/h2-15,25H,1H3,(H2,24,27)(H,26,28). The van der Waals surface area contributed by atoms with Gasteiger partial charge in [-0.1, -0.05) is 30.3 Å². The number of para-hydroxylation sites is 2. The van der Waals surface area contributed by atoms with Crippen molar-refractivity contribution in [3.63, 3.8) is 0 Å². The average Bonchev–Trinajstić information content (AvgIpc) is 2.75. The van der Waals surface area contributed by atoms with Crippen LogP contribution in [0.5, 0.6) is 0 Å². The number of hydrogen-bond donors (Lipinski definition) is 3. The van der Waals surface area contributed by atoms with Gasteiger partial charge in [0.2, 0.25) is 5.91 Å². The first kappa shape index (κ1) is 20.6. The molecule has 4 N–H and O–H groups in total. The molecule has 0 saturated carbocycles. The molecule has 2 amide bonds. The van der Waals surface area contributed by atoms with Crippen LogP contribution in [0.1, 0.15) is 27.6 Å². The summed E-state index contributed by atoms with van der Waals surface area (Å²) in [5.41, 5.74) is 7.69. The zero-order valence-electron chi connectivity index (χ0n) is 16.3. The Labute approximate surface area is 173 Å². The molecular weight excluding hydrogens is 382 g/mol. The molecule has 1 unspecified atom stereocenters. The lowest BCUT2D eigenvalue weighted by Gasteiger charge is -2.16. The topological polar surface area (TPSA) is 111 Å². The number of ether oxygens (including phenoxy) is 1. The minimum Gasteiger partial charge on any atom is -0.449 e. The number of primary amides is 1. The van der Waals surface area contributed by atoms with Crippen molar-refractivity contribution < 1.29 is 19.1 Å². The predicted molar refractivity (Wildman–Crippen MR) is 115 cm³/mol. The van der Waals surface area contributed by atoms with Gasteiger partial charge in [-0.2, -0.15) is 0 Å². The number of carbonyl (C=O) groups is 3. The van der Waals surface area contributed by atoms with Crippen molar-refractivity contribution in [1.82, 2.24) is 0 Å². The largest absolute Gasteiger partial charge is 0.449 e. The van der Waals surface area contributed by atoms with Crippen molar-refractivity contribution in [2.24, 2.45) is 5.73 Å². The third-order valence-corrected chi connectivity index (χ3v) is 4.29. The average molecular weight is 403 g/mol. The highest BCUT2D eigenvalue weighted by atomic mass is 16.5. The van der Waals surface area contributed by atoms with Crippen LogP contribution in [0.2, 0.25) is 0 Å². The van der Waals surface area contributed by atoms with E-state index in [1.54, 1.807) is 36.4 Å². The molecule has 0 aliphatic rings. The molecule has 0 aliphatic carbocycles. The van der Waals surface area contributed by atoms with Gasteiger partial charge in [-0.15, -0.1) is 0 Å². The second kappa shape index (κ2) is 9.38. The Morgan fingerprint density at radius 1 is 0.833 bits per heavy atom. The third-order valence-electron chi connectivity index (χ3n) is 4.29. The molecule has 7 nitrogen and oxygen atoms in total. The molecular formula is C23H21N3O4. The lowest BCUT2D eigenvalue weighted by molar-refractivity contribution is -0.123. The minimum atomic E-state index is -1.03. The van der Waals surface area contributed by atoms with Gasteiger partial charge >= 0.3 is 5.97 Å². The van der Waals surface area contributed by atoms with Crippen LogP contribution in [0.25, 0.3) is 0 Å². The number of hydrogen-bond acceptors (Lipinski definition) is 5. The maximum Gasteiger partial charge on any atom is 0.341 e. The maximum absolute atomic E-state index is 12.6. The highest BCUT2D eigenvalue weighted by Crippen LogP contribution is 2.22. The predicted octanol–water partition coefficient (Wildman–Crippen LogP) is 3.71. The van der Waals surface area contributed by atoms with Crippen LogP contribution < -0.4 is 16.4 Å². The van der Waals surface area contributed by atoms with E-state index in [0.717, 1.165) is 5.69 Å². The fourth-order valence-electron chi connectivity index (χ4n) is 2.69. The van der Waals surface area contributed by atoms with Gasteiger partial charge in [-0.25, -0.2) is 4.79 Å². The first-order chi connectivity index (χ1) is 14.4. The SMILES string of the molecule is CC(OC(=O)c1ccccc1Nc1ccccc1)C(=O)Nc1ccc(C(N)=O)cc1. The van der Waals surface area contributed by atoms with E-state index in [1.165, 1.54) is 19.1 Å². The molecule has 0 heterocycles. The van der Waals surface area contributed by atoms with E-state index < -0.39 is 23.9 Å². The van der Waals surface area contributed by atoms with Crippen LogP contribution in [0.15, 0.2) is 78.9 Å². The Bertz CT molecular complexity index is 1050. The molecule has 0 aromatic heterocycles. The summed E-state index contributed by atoms with van der Waals surface area (Å²) >= 11 is 0.